The van der Waals surface area contributed by atoms with E-state index < -0.39 is 5.97 Å². The largest absolute Gasteiger partial charge is 0.463 e. The molecule has 2 amide bonds. The first-order chi connectivity index (χ1) is 13.2. The number of amides is 2. The molecule has 0 spiro atoms. The molecule has 146 valence electrons. The lowest BCUT2D eigenvalue weighted by molar-refractivity contribution is -0.138. The van der Waals surface area contributed by atoms with Gasteiger partial charge in [0.15, 0.2) is 5.16 Å². The Hall–Kier alpha value is -2.23. The highest BCUT2D eigenvalue weighted by Gasteiger charge is 2.33. The van der Waals surface area contributed by atoms with Gasteiger partial charge in [-0.1, -0.05) is 11.8 Å². The van der Waals surface area contributed by atoms with Crippen molar-refractivity contribution in [2.24, 2.45) is 0 Å². The first-order valence-electron chi connectivity index (χ1n) is 9.44. The topological polar surface area (TPSA) is 101 Å². The number of hydrogen-bond acceptors (Lipinski definition) is 7. The Labute approximate surface area is 161 Å². The second-order valence-corrected chi connectivity index (χ2v) is 7.79. The van der Waals surface area contributed by atoms with Crippen molar-refractivity contribution in [2.75, 3.05) is 36.9 Å². The molecule has 2 fully saturated rings. The van der Waals surface area contributed by atoms with Gasteiger partial charge in [0.05, 0.1) is 18.7 Å². The van der Waals surface area contributed by atoms with Crippen molar-refractivity contribution in [3.05, 3.63) is 11.3 Å². The van der Waals surface area contributed by atoms with E-state index in [-0.39, 0.29) is 12.6 Å². The number of esters is 1. The molecule has 3 aliphatic rings. The summed E-state index contributed by atoms with van der Waals surface area (Å²) in [5.41, 5.74) is 1.04. The van der Waals surface area contributed by atoms with E-state index in [0.717, 1.165) is 37.0 Å². The molecule has 1 aliphatic carbocycles. The second kappa shape index (κ2) is 7.79. The zero-order valence-corrected chi connectivity index (χ0v) is 16.2. The van der Waals surface area contributed by atoms with Crippen LogP contribution in [0.1, 0.15) is 38.6 Å². The lowest BCUT2D eigenvalue weighted by atomic mass is 10.2. The highest BCUT2D eigenvalue weighted by molar-refractivity contribution is 7.99. The Balaban J connectivity index is 1.53. The third kappa shape index (κ3) is 3.90. The van der Waals surface area contributed by atoms with Gasteiger partial charge in [-0.2, -0.15) is 0 Å². The van der Waals surface area contributed by atoms with Crippen molar-refractivity contribution in [3.63, 3.8) is 0 Å². The molecule has 3 heterocycles. The smallest absolute Gasteiger partial charge is 0.337 e. The maximum Gasteiger partial charge on any atom is 0.337 e. The fourth-order valence-corrected chi connectivity index (χ4v) is 4.35. The van der Waals surface area contributed by atoms with Crippen molar-refractivity contribution in [2.45, 2.75) is 43.8 Å². The molecule has 4 rings (SSSR count). The lowest BCUT2D eigenvalue weighted by Gasteiger charge is -2.21. The van der Waals surface area contributed by atoms with E-state index >= 15 is 0 Å². The van der Waals surface area contributed by atoms with Crippen LogP contribution >= 0.6 is 11.8 Å². The van der Waals surface area contributed by atoms with Gasteiger partial charge >= 0.3 is 12.0 Å². The van der Waals surface area contributed by atoms with Crippen molar-refractivity contribution >= 4 is 29.7 Å². The summed E-state index contributed by atoms with van der Waals surface area (Å²) >= 11 is 1.50. The third-order valence-corrected chi connectivity index (χ3v) is 5.84. The first-order valence-corrected chi connectivity index (χ1v) is 10.4. The maximum atomic E-state index is 12.2. The summed E-state index contributed by atoms with van der Waals surface area (Å²) in [5, 5.41) is 15.0. The number of anilines is 1. The zero-order valence-electron chi connectivity index (χ0n) is 15.4. The molecule has 1 saturated carbocycles. The molecule has 2 N–H and O–H groups in total. The quantitative estimate of drug-likeness (QED) is 0.535. The average Bonchev–Trinajstić information content (AvgIpc) is 3.18. The van der Waals surface area contributed by atoms with Crippen LogP contribution in [0.15, 0.2) is 16.4 Å². The molecular formula is C17H24N6O3S. The van der Waals surface area contributed by atoms with Crippen LogP contribution in [0.3, 0.4) is 0 Å². The van der Waals surface area contributed by atoms with Gasteiger partial charge in [0, 0.05) is 30.6 Å². The second-order valence-electron chi connectivity index (χ2n) is 6.85. The minimum atomic E-state index is -0.401. The summed E-state index contributed by atoms with van der Waals surface area (Å²) in [6.45, 7) is 4.28. The molecular weight excluding hydrogens is 368 g/mol. The number of thioether (sulfide) groups is 1. The third-order valence-electron chi connectivity index (χ3n) is 4.87. The Morgan fingerprint density at radius 2 is 2.07 bits per heavy atom. The molecule has 0 atom stereocenters. The van der Waals surface area contributed by atoms with Crippen LogP contribution in [-0.4, -0.2) is 58.8 Å². The minimum Gasteiger partial charge on any atom is -0.463 e. The summed E-state index contributed by atoms with van der Waals surface area (Å²) in [6.07, 6.45) is 4.66. The zero-order chi connectivity index (χ0) is 18.8. The average molecular weight is 392 g/mol. The molecule has 1 aromatic rings. The predicted molar refractivity (Wildman–Crippen MR) is 101 cm³/mol. The van der Waals surface area contributed by atoms with Crippen LogP contribution in [0.5, 0.6) is 0 Å². The van der Waals surface area contributed by atoms with Crippen LogP contribution in [0.25, 0.3) is 0 Å². The molecule has 0 radical (unpaired) electrons. The van der Waals surface area contributed by atoms with Crippen molar-refractivity contribution < 1.29 is 14.3 Å². The van der Waals surface area contributed by atoms with E-state index in [4.69, 9.17) is 4.74 Å². The molecule has 10 heteroatoms. The summed E-state index contributed by atoms with van der Waals surface area (Å²) in [4.78, 5) is 26.2. The molecule has 27 heavy (non-hydrogen) atoms. The number of carbonyl (C=O) groups is 2. The van der Waals surface area contributed by atoms with Gasteiger partial charge in [-0.05, 0) is 32.6 Å². The molecule has 0 aromatic carbocycles. The number of aromatic nitrogens is 3. The monoisotopic (exact) mass is 392 g/mol. The Morgan fingerprint density at radius 1 is 1.30 bits per heavy atom. The number of urea groups is 1. The number of nitrogens with zero attached hydrogens (tertiary/aromatic N) is 4. The first kappa shape index (κ1) is 18.1. The van der Waals surface area contributed by atoms with Gasteiger partial charge in [0.2, 0.25) is 5.95 Å². The number of carbonyl (C=O) groups excluding carboxylic acids is 2. The van der Waals surface area contributed by atoms with E-state index in [1.807, 2.05) is 0 Å². The summed E-state index contributed by atoms with van der Waals surface area (Å²) in [7, 11) is 0. The normalized spacial score (nSPS) is 19.9. The van der Waals surface area contributed by atoms with Gasteiger partial charge in [-0.3, -0.25) is 4.57 Å². The summed E-state index contributed by atoms with van der Waals surface area (Å²) < 4.78 is 7.33. The SMILES string of the molecule is CCOC(=O)C1=C(CSc2nnc(N3CCCC3)n2C2CC2)NC(=O)NC1. The van der Waals surface area contributed by atoms with E-state index in [1.54, 1.807) is 6.92 Å². The molecule has 9 nitrogen and oxygen atoms in total. The van der Waals surface area contributed by atoms with Gasteiger partial charge in [0.25, 0.3) is 0 Å². The van der Waals surface area contributed by atoms with E-state index in [9.17, 15) is 9.59 Å². The van der Waals surface area contributed by atoms with Crippen LogP contribution in [0, 0.1) is 0 Å². The van der Waals surface area contributed by atoms with E-state index in [2.05, 4.69) is 30.3 Å². The number of hydrogen-bond donors (Lipinski definition) is 2. The fraction of sp³-hybridized carbons (Fsp3) is 0.647. The molecule has 1 aromatic heterocycles. The summed E-state index contributed by atoms with van der Waals surface area (Å²) in [5.74, 6) is 0.986. The number of nitrogens with one attached hydrogen (secondary N) is 2. The number of ether oxygens (including phenoxy) is 1. The highest BCUT2D eigenvalue weighted by Crippen LogP contribution is 2.41. The predicted octanol–water partition coefficient (Wildman–Crippen LogP) is 1.44. The molecule has 0 bridgehead atoms. The van der Waals surface area contributed by atoms with Gasteiger partial charge < -0.3 is 20.3 Å². The number of rotatable bonds is 7. The van der Waals surface area contributed by atoms with Gasteiger partial charge in [-0.15, -0.1) is 10.2 Å². The fourth-order valence-electron chi connectivity index (χ4n) is 3.36. The Kier molecular flexibility index (Phi) is 5.24. The van der Waals surface area contributed by atoms with E-state index in [1.165, 1.54) is 24.6 Å². The van der Waals surface area contributed by atoms with Crippen molar-refractivity contribution in [3.8, 4) is 0 Å². The standard InChI is InChI=1S/C17H24N6O3S/c1-2-26-14(24)12-9-18-15(25)19-13(12)10-27-17-21-20-16(22-7-3-4-8-22)23(17)11-5-6-11/h11H,2-10H2,1H3,(H2,18,19,25). The van der Waals surface area contributed by atoms with Gasteiger partial charge in [0.1, 0.15) is 0 Å². The van der Waals surface area contributed by atoms with Crippen molar-refractivity contribution in [1.29, 1.82) is 0 Å². The van der Waals surface area contributed by atoms with Gasteiger partial charge in [-0.25, -0.2) is 9.59 Å². The van der Waals surface area contributed by atoms with Crippen molar-refractivity contribution in [1.82, 2.24) is 25.4 Å². The van der Waals surface area contributed by atoms with Crippen LogP contribution < -0.4 is 15.5 Å². The van der Waals surface area contributed by atoms with Crippen LogP contribution in [0.2, 0.25) is 0 Å². The lowest BCUT2D eigenvalue weighted by Crippen LogP contribution is -2.44. The Morgan fingerprint density at radius 3 is 2.78 bits per heavy atom. The summed E-state index contributed by atoms with van der Waals surface area (Å²) in [6, 6.07) is 0.152. The van der Waals surface area contributed by atoms with Crippen LogP contribution in [-0.2, 0) is 9.53 Å². The molecule has 2 aliphatic heterocycles. The Bertz CT molecular complexity index is 767. The van der Waals surface area contributed by atoms with E-state index in [0.29, 0.717) is 29.7 Å². The molecule has 1 saturated heterocycles. The van der Waals surface area contributed by atoms with Crippen LogP contribution in [0.4, 0.5) is 10.7 Å². The maximum absolute atomic E-state index is 12.2. The highest BCUT2D eigenvalue weighted by atomic mass is 32.2. The molecule has 0 unspecified atom stereocenters. The minimum absolute atomic E-state index is 0.175.